The number of carbonyl (C=O) groups excluding carboxylic acids is 1. The van der Waals surface area contributed by atoms with Crippen LogP contribution in [-0.2, 0) is 4.79 Å². The van der Waals surface area contributed by atoms with Crippen molar-refractivity contribution in [3.05, 3.63) is 18.5 Å². The first-order valence-electron chi connectivity index (χ1n) is 6.62. The Morgan fingerprint density at radius 2 is 2.05 bits per heavy atom. The molecule has 1 saturated heterocycles. The lowest BCUT2D eigenvalue weighted by molar-refractivity contribution is -0.123. The summed E-state index contributed by atoms with van der Waals surface area (Å²) in [6.07, 6.45) is 3.41. The van der Waals surface area contributed by atoms with Gasteiger partial charge in [-0.05, 0) is 19.9 Å². The van der Waals surface area contributed by atoms with E-state index in [0.717, 1.165) is 13.1 Å². The Morgan fingerprint density at radius 1 is 1.37 bits per heavy atom. The monoisotopic (exact) mass is 263 g/mol. The van der Waals surface area contributed by atoms with Crippen LogP contribution in [0.4, 0.5) is 5.95 Å². The molecular weight excluding hydrogens is 242 g/mol. The Hall–Kier alpha value is -1.69. The minimum Gasteiger partial charge on any atom is -0.357 e. The Balaban J connectivity index is 2.20. The molecular formula is C13H21N5O. The van der Waals surface area contributed by atoms with Gasteiger partial charge in [0, 0.05) is 45.1 Å². The van der Waals surface area contributed by atoms with Crippen LogP contribution < -0.4 is 10.2 Å². The summed E-state index contributed by atoms with van der Waals surface area (Å²) < 4.78 is 0. The first-order valence-corrected chi connectivity index (χ1v) is 6.62. The van der Waals surface area contributed by atoms with Crippen molar-refractivity contribution in [2.45, 2.75) is 25.9 Å². The molecule has 0 unspecified atom stereocenters. The second-order valence-corrected chi connectivity index (χ2v) is 4.96. The summed E-state index contributed by atoms with van der Waals surface area (Å²) in [6.45, 7) is 6.68. The van der Waals surface area contributed by atoms with Crippen LogP contribution in [0.5, 0.6) is 0 Å². The average Bonchev–Trinajstić information content (AvgIpc) is 2.46. The molecule has 6 heteroatoms. The quantitative estimate of drug-likeness (QED) is 0.839. The van der Waals surface area contributed by atoms with E-state index in [1.165, 1.54) is 0 Å². The van der Waals surface area contributed by atoms with Gasteiger partial charge in [0.2, 0.25) is 11.9 Å². The predicted octanol–water partition coefficient (Wildman–Crippen LogP) is 0.122. The topological polar surface area (TPSA) is 61.4 Å². The van der Waals surface area contributed by atoms with E-state index in [1.807, 2.05) is 4.90 Å². The van der Waals surface area contributed by atoms with Crippen LogP contribution >= 0.6 is 0 Å². The molecule has 1 atom stereocenters. The first kappa shape index (κ1) is 13.7. The van der Waals surface area contributed by atoms with Crippen molar-refractivity contribution in [1.82, 2.24) is 20.2 Å². The smallest absolute Gasteiger partial charge is 0.243 e. The number of likely N-dealkylation sites (N-methyl/N-ethyl adjacent to an activating group) is 1. The fraction of sp³-hybridized carbons (Fsp3) is 0.615. The second-order valence-electron chi connectivity index (χ2n) is 4.96. The number of hydrogen-bond donors (Lipinski definition) is 1. The number of rotatable bonds is 3. The molecule has 0 bridgehead atoms. The summed E-state index contributed by atoms with van der Waals surface area (Å²) in [5, 5.41) is 2.73. The number of amides is 1. The lowest BCUT2D eigenvalue weighted by Gasteiger charge is -2.41. The molecule has 2 rings (SSSR count). The van der Waals surface area contributed by atoms with Crippen molar-refractivity contribution in [2.75, 3.05) is 31.6 Å². The van der Waals surface area contributed by atoms with Crippen LogP contribution in [0.25, 0.3) is 0 Å². The molecule has 1 aliphatic rings. The summed E-state index contributed by atoms with van der Waals surface area (Å²) in [7, 11) is 1.67. The van der Waals surface area contributed by atoms with Gasteiger partial charge in [-0.25, -0.2) is 9.97 Å². The number of nitrogens with zero attached hydrogens (tertiary/aromatic N) is 4. The van der Waals surface area contributed by atoms with E-state index in [2.05, 4.69) is 34.0 Å². The highest BCUT2D eigenvalue weighted by Gasteiger charge is 2.34. The molecule has 1 aliphatic heterocycles. The maximum atomic E-state index is 12.1. The third kappa shape index (κ3) is 3.01. The van der Waals surface area contributed by atoms with E-state index in [0.29, 0.717) is 18.5 Å². The van der Waals surface area contributed by atoms with Crippen molar-refractivity contribution in [3.63, 3.8) is 0 Å². The van der Waals surface area contributed by atoms with E-state index < -0.39 is 0 Å². The Morgan fingerprint density at radius 3 is 2.63 bits per heavy atom. The van der Waals surface area contributed by atoms with Gasteiger partial charge in [0.15, 0.2) is 0 Å². The first-order chi connectivity index (χ1) is 9.13. The van der Waals surface area contributed by atoms with Crippen molar-refractivity contribution >= 4 is 11.9 Å². The largest absolute Gasteiger partial charge is 0.357 e. The van der Waals surface area contributed by atoms with E-state index in [4.69, 9.17) is 0 Å². The summed E-state index contributed by atoms with van der Waals surface area (Å²) >= 11 is 0. The van der Waals surface area contributed by atoms with Crippen LogP contribution in [-0.4, -0.2) is 59.5 Å². The van der Waals surface area contributed by atoms with Crippen LogP contribution in [0.2, 0.25) is 0 Å². The zero-order valence-electron chi connectivity index (χ0n) is 11.7. The average molecular weight is 263 g/mol. The third-order valence-electron chi connectivity index (χ3n) is 3.50. The fourth-order valence-electron chi connectivity index (χ4n) is 2.34. The summed E-state index contributed by atoms with van der Waals surface area (Å²) in [5.74, 6) is 0.636. The molecule has 104 valence electrons. The normalized spacial score (nSPS) is 20.6. The number of piperazine rings is 1. The molecule has 0 aliphatic carbocycles. The number of hydrogen-bond acceptors (Lipinski definition) is 5. The van der Waals surface area contributed by atoms with Gasteiger partial charge in [0.05, 0.1) is 0 Å². The van der Waals surface area contributed by atoms with Crippen molar-refractivity contribution in [2.24, 2.45) is 0 Å². The zero-order chi connectivity index (χ0) is 13.8. The number of aromatic nitrogens is 2. The van der Waals surface area contributed by atoms with Gasteiger partial charge in [-0.15, -0.1) is 0 Å². The molecule has 0 aromatic carbocycles. The predicted molar refractivity (Wildman–Crippen MR) is 73.9 cm³/mol. The van der Waals surface area contributed by atoms with Crippen LogP contribution in [0.3, 0.4) is 0 Å². The lowest BCUT2D eigenvalue weighted by Crippen LogP contribution is -2.60. The molecule has 0 radical (unpaired) electrons. The second kappa shape index (κ2) is 5.97. The Kier molecular flexibility index (Phi) is 4.31. The summed E-state index contributed by atoms with van der Waals surface area (Å²) in [4.78, 5) is 24.9. The SMILES string of the molecule is CNC(=O)[C@@H]1CN(C(C)C)CCN1c1ncccn1. The fourth-order valence-corrected chi connectivity index (χ4v) is 2.34. The van der Waals surface area contributed by atoms with Crippen LogP contribution in [0.1, 0.15) is 13.8 Å². The number of nitrogens with one attached hydrogen (secondary N) is 1. The Labute approximate surface area is 113 Å². The molecule has 1 N–H and O–H groups in total. The molecule has 0 spiro atoms. The van der Waals surface area contributed by atoms with Gasteiger partial charge in [-0.1, -0.05) is 0 Å². The summed E-state index contributed by atoms with van der Waals surface area (Å²) in [5.41, 5.74) is 0. The lowest BCUT2D eigenvalue weighted by atomic mass is 10.1. The van der Waals surface area contributed by atoms with Gasteiger partial charge >= 0.3 is 0 Å². The van der Waals surface area contributed by atoms with E-state index in [9.17, 15) is 4.79 Å². The Bertz CT molecular complexity index is 422. The van der Waals surface area contributed by atoms with Crippen molar-refractivity contribution < 1.29 is 4.79 Å². The highest BCUT2D eigenvalue weighted by atomic mass is 16.2. The van der Waals surface area contributed by atoms with Gasteiger partial charge < -0.3 is 10.2 Å². The van der Waals surface area contributed by atoms with Crippen molar-refractivity contribution in [3.8, 4) is 0 Å². The highest BCUT2D eigenvalue weighted by Crippen LogP contribution is 2.17. The van der Waals surface area contributed by atoms with E-state index >= 15 is 0 Å². The molecule has 1 amide bonds. The van der Waals surface area contributed by atoms with Gasteiger partial charge in [-0.3, -0.25) is 9.69 Å². The minimum absolute atomic E-state index is 0.0119. The molecule has 1 fully saturated rings. The summed E-state index contributed by atoms with van der Waals surface area (Å²) in [6, 6.07) is 1.98. The molecule has 1 aromatic heterocycles. The molecule has 19 heavy (non-hydrogen) atoms. The zero-order valence-corrected chi connectivity index (χ0v) is 11.7. The van der Waals surface area contributed by atoms with Crippen molar-refractivity contribution in [1.29, 1.82) is 0 Å². The molecule has 6 nitrogen and oxygen atoms in total. The number of anilines is 1. The molecule has 2 heterocycles. The maximum absolute atomic E-state index is 12.1. The van der Waals surface area contributed by atoms with Crippen LogP contribution in [0.15, 0.2) is 18.5 Å². The van der Waals surface area contributed by atoms with Gasteiger partial charge in [0.25, 0.3) is 0 Å². The molecule has 1 aromatic rings. The van der Waals surface area contributed by atoms with E-state index in [1.54, 1.807) is 25.5 Å². The number of carbonyl (C=O) groups is 1. The van der Waals surface area contributed by atoms with Gasteiger partial charge in [-0.2, -0.15) is 0 Å². The standard InChI is InChI=1S/C13H21N5O/c1-10(2)17-7-8-18(11(9-17)12(19)14-3)13-15-5-4-6-16-13/h4-6,10-11H,7-9H2,1-3H3,(H,14,19)/t11-/m0/s1. The highest BCUT2D eigenvalue weighted by molar-refractivity contribution is 5.85. The van der Waals surface area contributed by atoms with E-state index in [-0.39, 0.29) is 11.9 Å². The molecule has 0 saturated carbocycles. The maximum Gasteiger partial charge on any atom is 0.243 e. The minimum atomic E-state index is -0.233. The van der Waals surface area contributed by atoms with Gasteiger partial charge in [0.1, 0.15) is 6.04 Å². The van der Waals surface area contributed by atoms with Crippen LogP contribution in [0, 0.1) is 0 Å². The third-order valence-corrected chi connectivity index (χ3v) is 3.50.